The average molecular weight is 460 g/mol. The molecule has 3 aromatic rings. The molecular formula is C24H30ClN3O2S. The van der Waals surface area contributed by atoms with Crippen molar-refractivity contribution in [3.63, 3.8) is 0 Å². The van der Waals surface area contributed by atoms with E-state index < -0.39 is 0 Å². The van der Waals surface area contributed by atoms with Crippen LogP contribution >= 0.6 is 23.7 Å². The lowest BCUT2D eigenvalue weighted by Crippen LogP contribution is -2.36. The van der Waals surface area contributed by atoms with Gasteiger partial charge in [0.15, 0.2) is 5.13 Å². The smallest absolute Gasteiger partial charge is 0.260 e. The van der Waals surface area contributed by atoms with Crippen LogP contribution in [-0.2, 0) is 12.8 Å². The van der Waals surface area contributed by atoms with Crippen LogP contribution in [0.3, 0.4) is 0 Å². The summed E-state index contributed by atoms with van der Waals surface area (Å²) in [6.45, 7) is 3.91. The second-order valence-corrected chi connectivity index (χ2v) is 8.99. The van der Waals surface area contributed by atoms with Crippen molar-refractivity contribution in [2.24, 2.45) is 0 Å². The van der Waals surface area contributed by atoms with Crippen molar-refractivity contribution in [2.45, 2.75) is 32.6 Å². The summed E-state index contributed by atoms with van der Waals surface area (Å²) >= 11 is 1.54. The summed E-state index contributed by atoms with van der Waals surface area (Å²) in [6.07, 6.45) is 4.62. The van der Waals surface area contributed by atoms with Crippen LogP contribution in [0.15, 0.2) is 36.4 Å². The molecule has 1 aliphatic carbocycles. The molecule has 0 fully saturated rings. The number of aryl methyl sites for hydroxylation is 2. The van der Waals surface area contributed by atoms with Gasteiger partial charge in [-0.25, -0.2) is 4.98 Å². The lowest BCUT2D eigenvalue weighted by Gasteiger charge is -2.23. The molecule has 0 aliphatic heterocycles. The number of nitrogens with zero attached hydrogens (tertiary/aromatic N) is 3. The molecule has 0 N–H and O–H groups in total. The molecule has 0 saturated heterocycles. The fraction of sp³-hybridized carbons (Fsp3) is 0.417. The largest absolute Gasteiger partial charge is 0.492 e. The Labute approximate surface area is 194 Å². The van der Waals surface area contributed by atoms with Crippen molar-refractivity contribution < 1.29 is 9.53 Å². The lowest BCUT2D eigenvalue weighted by atomic mass is 9.90. The molecular weight excluding hydrogens is 430 g/mol. The molecule has 4 rings (SSSR count). The molecule has 0 bridgehead atoms. The van der Waals surface area contributed by atoms with Gasteiger partial charge in [-0.15, -0.1) is 12.4 Å². The molecule has 0 radical (unpaired) electrons. The summed E-state index contributed by atoms with van der Waals surface area (Å²) in [5, 5.41) is 0.724. The number of carbonyl (C=O) groups excluding carboxylic acids is 1. The van der Waals surface area contributed by atoms with Crippen LogP contribution in [0.1, 0.15) is 41.3 Å². The average Bonchev–Trinajstić information content (AvgIpc) is 3.18. The summed E-state index contributed by atoms with van der Waals surface area (Å²) in [5.74, 6) is 0.786. The maximum Gasteiger partial charge on any atom is 0.260 e. The molecule has 2 aromatic carbocycles. The van der Waals surface area contributed by atoms with Crippen LogP contribution in [0.5, 0.6) is 5.75 Å². The van der Waals surface area contributed by atoms with Crippen LogP contribution in [0.25, 0.3) is 10.2 Å². The number of hydrogen-bond donors (Lipinski definition) is 0. The number of anilines is 1. The Balaban J connectivity index is 0.00000272. The Morgan fingerprint density at radius 3 is 2.61 bits per heavy atom. The van der Waals surface area contributed by atoms with E-state index in [0.29, 0.717) is 13.2 Å². The van der Waals surface area contributed by atoms with E-state index in [1.54, 1.807) is 11.3 Å². The minimum absolute atomic E-state index is 0. The van der Waals surface area contributed by atoms with E-state index in [4.69, 9.17) is 9.72 Å². The Hall–Kier alpha value is -2.15. The zero-order valence-electron chi connectivity index (χ0n) is 18.4. The van der Waals surface area contributed by atoms with Crippen molar-refractivity contribution in [3.8, 4) is 5.75 Å². The maximum atomic E-state index is 13.6. The number of thiazole rings is 1. The Bertz CT molecular complexity index is 1050. The number of halogens is 1. The van der Waals surface area contributed by atoms with Crippen LogP contribution < -0.4 is 9.64 Å². The molecule has 7 heteroatoms. The van der Waals surface area contributed by atoms with Crippen molar-refractivity contribution in [2.75, 3.05) is 38.7 Å². The highest BCUT2D eigenvalue weighted by Gasteiger charge is 2.23. The highest BCUT2D eigenvalue weighted by atomic mass is 35.5. The standard InChI is InChI=1S/C24H29N3O2S.ClH/c1-4-29-20-10-7-11-21-22(20)25-24(30-21)27(15-14-26(2)3)23(28)19-13-12-17-8-5-6-9-18(17)16-19;/h7,10-13,16H,4-6,8-9,14-15H2,1-3H3;1H. The SMILES string of the molecule is CCOc1cccc2sc(N(CCN(C)C)C(=O)c3ccc4c(c3)CCCC4)nc12.Cl. The molecule has 166 valence electrons. The number of hydrogen-bond acceptors (Lipinski definition) is 5. The first-order valence-electron chi connectivity index (χ1n) is 10.7. The van der Waals surface area contributed by atoms with Gasteiger partial charge in [-0.3, -0.25) is 9.69 Å². The van der Waals surface area contributed by atoms with E-state index in [-0.39, 0.29) is 18.3 Å². The molecule has 5 nitrogen and oxygen atoms in total. The monoisotopic (exact) mass is 459 g/mol. The second kappa shape index (κ2) is 10.4. The number of rotatable bonds is 7. The van der Waals surface area contributed by atoms with E-state index in [2.05, 4.69) is 17.0 Å². The van der Waals surface area contributed by atoms with Gasteiger partial charge in [0.05, 0.1) is 11.3 Å². The number of para-hydroxylation sites is 1. The summed E-state index contributed by atoms with van der Waals surface area (Å²) in [4.78, 5) is 22.3. The molecule has 0 atom stereocenters. The van der Waals surface area contributed by atoms with Gasteiger partial charge in [0, 0.05) is 18.7 Å². The zero-order valence-corrected chi connectivity index (χ0v) is 20.0. The minimum Gasteiger partial charge on any atom is -0.492 e. The molecule has 1 aliphatic rings. The van der Waals surface area contributed by atoms with E-state index >= 15 is 0 Å². The van der Waals surface area contributed by atoms with Crippen molar-refractivity contribution >= 4 is 45.0 Å². The molecule has 1 amide bonds. The van der Waals surface area contributed by atoms with E-state index in [1.165, 1.54) is 24.0 Å². The predicted molar refractivity (Wildman–Crippen MR) is 131 cm³/mol. The van der Waals surface area contributed by atoms with E-state index in [1.807, 2.05) is 50.2 Å². The first-order valence-corrected chi connectivity index (χ1v) is 11.5. The fourth-order valence-corrected chi connectivity index (χ4v) is 4.91. The zero-order chi connectivity index (χ0) is 21.1. The van der Waals surface area contributed by atoms with Gasteiger partial charge < -0.3 is 9.64 Å². The second-order valence-electron chi connectivity index (χ2n) is 7.98. The van der Waals surface area contributed by atoms with Gasteiger partial charge in [-0.1, -0.05) is 23.5 Å². The Morgan fingerprint density at radius 2 is 1.87 bits per heavy atom. The molecule has 0 spiro atoms. The van der Waals surface area contributed by atoms with Crippen LogP contribution in [-0.4, -0.2) is 49.6 Å². The van der Waals surface area contributed by atoms with Crippen LogP contribution in [0.2, 0.25) is 0 Å². The van der Waals surface area contributed by atoms with Crippen LogP contribution in [0, 0.1) is 0 Å². The molecule has 0 unspecified atom stereocenters. The fourth-order valence-electron chi connectivity index (χ4n) is 3.91. The van der Waals surface area contributed by atoms with Gasteiger partial charge in [-0.05, 0) is 82.1 Å². The van der Waals surface area contributed by atoms with Crippen molar-refractivity contribution in [3.05, 3.63) is 53.1 Å². The summed E-state index contributed by atoms with van der Waals surface area (Å²) in [7, 11) is 4.04. The predicted octanol–water partition coefficient (Wildman–Crippen LogP) is 5.20. The summed E-state index contributed by atoms with van der Waals surface area (Å²) in [5.41, 5.74) is 4.28. The first-order chi connectivity index (χ1) is 14.6. The highest BCUT2D eigenvalue weighted by molar-refractivity contribution is 7.22. The molecule has 1 heterocycles. The van der Waals surface area contributed by atoms with Crippen molar-refractivity contribution in [1.82, 2.24) is 9.88 Å². The number of aromatic nitrogens is 1. The third-order valence-corrected chi connectivity index (χ3v) is 6.56. The van der Waals surface area contributed by atoms with Gasteiger partial charge in [0.1, 0.15) is 11.3 Å². The maximum absolute atomic E-state index is 13.6. The van der Waals surface area contributed by atoms with Gasteiger partial charge in [0.2, 0.25) is 0 Å². The lowest BCUT2D eigenvalue weighted by molar-refractivity contribution is 0.0985. The minimum atomic E-state index is 0. The number of amides is 1. The van der Waals surface area contributed by atoms with E-state index in [9.17, 15) is 4.79 Å². The quantitative estimate of drug-likeness (QED) is 0.487. The topological polar surface area (TPSA) is 45.7 Å². The third kappa shape index (κ3) is 5.20. The van der Waals surface area contributed by atoms with Crippen molar-refractivity contribution in [1.29, 1.82) is 0 Å². The molecule has 31 heavy (non-hydrogen) atoms. The van der Waals surface area contributed by atoms with Gasteiger partial charge in [-0.2, -0.15) is 0 Å². The summed E-state index contributed by atoms with van der Waals surface area (Å²) in [6, 6.07) is 12.2. The Kier molecular flexibility index (Phi) is 7.92. The number of fused-ring (bicyclic) bond motifs is 2. The normalized spacial score (nSPS) is 13.0. The molecule has 1 aromatic heterocycles. The number of carbonyl (C=O) groups is 1. The highest BCUT2D eigenvalue weighted by Crippen LogP contribution is 2.35. The number of ether oxygens (including phenoxy) is 1. The first kappa shape index (κ1) is 23.5. The third-order valence-electron chi connectivity index (χ3n) is 5.51. The number of benzene rings is 2. The Morgan fingerprint density at radius 1 is 1.10 bits per heavy atom. The summed E-state index contributed by atoms with van der Waals surface area (Å²) < 4.78 is 6.78. The molecule has 0 saturated carbocycles. The number of likely N-dealkylation sites (N-methyl/N-ethyl adjacent to an activating group) is 1. The van der Waals surface area contributed by atoms with Gasteiger partial charge in [0.25, 0.3) is 5.91 Å². The van der Waals surface area contributed by atoms with E-state index in [0.717, 1.165) is 46.0 Å². The van der Waals surface area contributed by atoms with Gasteiger partial charge >= 0.3 is 0 Å². The van der Waals surface area contributed by atoms with Crippen LogP contribution in [0.4, 0.5) is 5.13 Å².